The highest BCUT2D eigenvalue weighted by Gasteiger charge is 2.09. The summed E-state index contributed by atoms with van der Waals surface area (Å²) in [7, 11) is 0. The van der Waals surface area contributed by atoms with Gasteiger partial charge in [0.25, 0.3) is 0 Å². The fraction of sp³-hybridized carbons (Fsp3) is 0.571. The summed E-state index contributed by atoms with van der Waals surface area (Å²) in [5, 5.41) is 8.38. The third-order valence-corrected chi connectivity index (χ3v) is 1.48. The lowest BCUT2D eigenvalue weighted by atomic mass is 10.0. The largest absolute Gasteiger partial charge is 0.478 e. The average Bonchev–Trinajstić information content (AvgIpc) is 1.84. The van der Waals surface area contributed by atoms with E-state index in [2.05, 4.69) is 6.58 Å². The minimum Gasteiger partial charge on any atom is -0.478 e. The predicted octanol–water partition coefficient (Wildman–Crippen LogP) is 1.67. The molecule has 9 heavy (non-hydrogen) atoms. The van der Waals surface area contributed by atoms with Gasteiger partial charge in [-0.05, 0) is 12.3 Å². The number of hydrogen-bond acceptors (Lipinski definition) is 1. The van der Waals surface area contributed by atoms with E-state index in [0.29, 0.717) is 5.57 Å². The SMILES string of the molecule is C=C(C(=O)O)[C@@H](C)CC. The molecule has 2 nitrogen and oxygen atoms in total. The Morgan fingerprint density at radius 3 is 2.33 bits per heavy atom. The van der Waals surface area contributed by atoms with Crippen LogP contribution in [-0.2, 0) is 4.79 Å². The summed E-state index contributed by atoms with van der Waals surface area (Å²) in [6.07, 6.45) is 0.838. The number of rotatable bonds is 3. The molecular formula is C7H12O2. The Morgan fingerprint density at radius 2 is 2.22 bits per heavy atom. The summed E-state index contributed by atoms with van der Waals surface area (Å²) >= 11 is 0. The second-order valence-corrected chi connectivity index (χ2v) is 2.14. The van der Waals surface area contributed by atoms with E-state index in [1.54, 1.807) is 0 Å². The van der Waals surface area contributed by atoms with Gasteiger partial charge in [0, 0.05) is 5.57 Å². The van der Waals surface area contributed by atoms with Crippen LogP contribution < -0.4 is 0 Å². The summed E-state index contributed by atoms with van der Waals surface area (Å²) in [6.45, 7) is 7.23. The van der Waals surface area contributed by atoms with Crippen molar-refractivity contribution in [3.63, 3.8) is 0 Å². The highest BCUT2D eigenvalue weighted by atomic mass is 16.4. The molecule has 0 saturated heterocycles. The molecule has 0 aromatic rings. The second kappa shape index (κ2) is 3.28. The fourth-order valence-electron chi connectivity index (χ4n) is 0.457. The lowest BCUT2D eigenvalue weighted by molar-refractivity contribution is -0.133. The third kappa shape index (κ3) is 2.31. The molecule has 2 heteroatoms. The monoisotopic (exact) mass is 128 g/mol. The van der Waals surface area contributed by atoms with E-state index >= 15 is 0 Å². The highest BCUT2D eigenvalue weighted by Crippen LogP contribution is 2.10. The number of carboxylic acid groups (broad SMARTS) is 1. The molecule has 1 N–H and O–H groups in total. The quantitative estimate of drug-likeness (QED) is 0.587. The van der Waals surface area contributed by atoms with Gasteiger partial charge in [0.15, 0.2) is 0 Å². The zero-order chi connectivity index (χ0) is 7.44. The first-order valence-corrected chi connectivity index (χ1v) is 3.01. The first-order chi connectivity index (χ1) is 4.09. The first-order valence-electron chi connectivity index (χ1n) is 3.01. The van der Waals surface area contributed by atoms with Crippen LogP contribution in [0.2, 0.25) is 0 Å². The van der Waals surface area contributed by atoms with Crippen LogP contribution in [-0.4, -0.2) is 11.1 Å². The second-order valence-electron chi connectivity index (χ2n) is 2.14. The Balaban J connectivity index is 3.88. The van der Waals surface area contributed by atoms with Gasteiger partial charge in [-0.15, -0.1) is 0 Å². The van der Waals surface area contributed by atoms with Crippen molar-refractivity contribution in [1.29, 1.82) is 0 Å². The molecule has 0 bridgehead atoms. The topological polar surface area (TPSA) is 37.3 Å². The fourth-order valence-corrected chi connectivity index (χ4v) is 0.457. The molecule has 0 fully saturated rings. The van der Waals surface area contributed by atoms with E-state index in [9.17, 15) is 4.79 Å². The van der Waals surface area contributed by atoms with Crippen molar-refractivity contribution in [2.24, 2.45) is 5.92 Å². The van der Waals surface area contributed by atoms with Gasteiger partial charge in [0.1, 0.15) is 0 Å². The average molecular weight is 128 g/mol. The number of aliphatic carboxylic acids is 1. The zero-order valence-electron chi connectivity index (χ0n) is 5.85. The molecule has 0 aromatic carbocycles. The van der Waals surface area contributed by atoms with E-state index < -0.39 is 5.97 Å². The maximum atomic E-state index is 10.2. The minimum absolute atomic E-state index is 0.0995. The van der Waals surface area contributed by atoms with E-state index in [-0.39, 0.29) is 5.92 Å². The van der Waals surface area contributed by atoms with E-state index in [4.69, 9.17) is 5.11 Å². The van der Waals surface area contributed by atoms with Gasteiger partial charge in [0.2, 0.25) is 0 Å². The van der Waals surface area contributed by atoms with Crippen LogP contribution in [0.15, 0.2) is 12.2 Å². The van der Waals surface area contributed by atoms with Crippen LogP contribution in [0.25, 0.3) is 0 Å². The predicted molar refractivity (Wildman–Crippen MR) is 36.2 cm³/mol. The Bertz CT molecular complexity index is 127. The minimum atomic E-state index is -0.885. The Kier molecular flexibility index (Phi) is 2.99. The Labute approximate surface area is 55.2 Å². The van der Waals surface area contributed by atoms with Crippen molar-refractivity contribution in [3.05, 3.63) is 12.2 Å². The van der Waals surface area contributed by atoms with Crippen LogP contribution in [0.1, 0.15) is 20.3 Å². The standard InChI is InChI=1S/C7H12O2/c1-4-5(2)6(3)7(8)9/h5H,3-4H2,1-2H3,(H,8,9)/t5-/m0/s1. The molecule has 0 aromatic heterocycles. The molecule has 0 unspecified atom stereocenters. The molecular weight excluding hydrogens is 116 g/mol. The van der Waals surface area contributed by atoms with Gasteiger partial charge < -0.3 is 5.11 Å². The van der Waals surface area contributed by atoms with Gasteiger partial charge in [0.05, 0.1) is 0 Å². The summed E-state index contributed by atoms with van der Waals surface area (Å²) in [4.78, 5) is 10.2. The van der Waals surface area contributed by atoms with Gasteiger partial charge in [-0.3, -0.25) is 0 Å². The van der Waals surface area contributed by atoms with Crippen molar-refractivity contribution >= 4 is 5.97 Å². The molecule has 0 saturated carbocycles. The summed E-state index contributed by atoms with van der Waals surface area (Å²) in [6, 6.07) is 0. The third-order valence-electron chi connectivity index (χ3n) is 1.48. The molecule has 0 aliphatic carbocycles. The van der Waals surface area contributed by atoms with Gasteiger partial charge in [-0.25, -0.2) is 4.79 Å². The van der Waals surface area contributed by atoms with Crippen molar-refractivity contribution in [3.8, 4) is 0 Å². The van der Waals surface area contributed by atoms with Crippen LogP contribution in [0.3, 0.4) is 0 Å². The van der Waals surface area contributed by atoms with Crippen LogP contribution in [0.5, 0.6) is 0 Å². The van der Waals surface area contributed by atoms with E-state index in [0.717, 1.165) is 6.42 Å². The molecule has 0 amide bonds. The van der Waals surface area contributed by atoms with Crippen LogP contribution in [0, 0.1) is 5.92 Å². The first kappa shape index (κ1) is 8.21. The van der Waals surface area contributed by atoms with Crippen molar-refractivity contribution in [2.45, 2.75) is 20.3 Å². The summed E-state index contributed by atoms with van der Waals surface area (Å²) < 4.78 is 0. The maximum Gasteiger partial charge on any atom is 0.331 e. The molecule has 0 aliphatic heterocycles. The highest BCUT2D eigenvalue weighted by molar-refractivity contribution is 5.86. The lowest BCUT2D eigenvalue weighted by Gasteiger charge is -2.05. The Morgan fingerprint density at radius 1 is 1.78 bits per heavy atom. The molecule has 52 valence electrons. The van der Waals surface area contributed by atoms with Crippen molar-refractivity contribution < 1.29 is 9.90 Å². The van der Waals surface area contributed by atoms with Gasteiger partial charge in [-0.2, -0.15) is 0 Å². The van der Waals surface area contributed by atoms with Crippen molar-refractivity contribution in [2.75, 3.05) is 0 Å². The summed E-state index contributed by atoms with van der Waals surface area (Å²) in [5.74, 6) is -0.785. The number of carboxylic acids is 1. The normalized spacial score (nSPS) is 12.7. The lowest BCUT2D eigenvalue weighted by Crippen LogP contribution is -2.06. The number of hydrogen-bond donors (Lipinski definition) is 1. The van der Waals surface area contributed by atoms with Crippen molar-refractivity contribution in [1.82, 2.24) is 0 Å². The maximum absolute atomic E-state index is 10.2. The van der Waals surface area contributed by atoms with Crippen LogP contribution >= 0.6 is 0 Å². The molecule has 0 aliphatic rings. The van der Waals surface area contributed by atoms with E-state index in [1.807, 2.05) is 13.8 Å². The van der Waals surface area contributed by atoms with E-state index in [1.165, 1.54) is 0 Å². The van der Waals surface area contributed by atoms with Gasteiger partial charge >= 0.3 is 5.97 Å². The molecule has 1 atom stereocenters. The Hall–Kier alpha value is -0.790. The van der Waals surface area contributed by atoms with Gasteiger partial charge in [-0.1, -0.05) is 20.4 Å². The molecule has 0 radical (unpaired) electrons. The van der Waals surface area contributed by atoms with Crippen LogP contribution in [0.4, 0.5) is 0 Å². The smallest absolute Gasteiger partial charge is 0.331 e. The molecule has 0 rings (SSSR count). The molecule has 0 heterocycles. The zero-order valence-corrected chi connectivity index (χ0v) is 5.85. The number of carbonyl (C=O) groups is 1. The molecule has 0 spiro atoms. The summed E-state index contributed by atoms with van der Waals surface area (Å²) in [5.41, 5.74) is 0.303.